The van der Waals surface area contributed by atoms with Crippen molar-refractivity contribution in [3.8, 4) is 0 Å². The molecule has 15 heavy (non-hydrogen) atoms. The molecule has 1 aromatic rings. The molecule has 0 atom stereocenters. The van der Waals surface area contributed by atoms with Crippen LogP contribution in [0.3, 0.4) is 0 Å². The van der Waals surface area contributed by atoms with Crippen LogP contribution < -0.4 is 0 Å². The summed E-state index contributed by atoms with van der Waals surface area (Å²) in [6.07, 6.45) is 0.481. The summed E-state index contributed by atoms with van der Waals surface area (Å²) < 4.78 is 0. The molecule has 0 aliphatic heterocycles. The van der Waals surface area contributed by atoms with E-state index in [4.69, 9.17) is 4.84 Å². The quantitative estimate of drug-likeness (QED) is 0.573. The Hall–Kier alpha value is -0.900. The number of benzene rings is 1. The van der Waals surface area contributed by atoms with Crippen LogP contribution in [-0.2, 0) is 4.84 Å². The van der Waals surface area contributed by atoms with E-state index in [2.05, 4.69) is 0 Å². The van der Waals surface area contributed by atoms with Gasteiger partial charge in [-0.1, -0.05) is 30.3 Å². The monoisotopic (exact) mass is 229 g/mol. The maximum Gasteiger partial charge on any atom is 0.164 e. The fourth-order valence-corrected chi connectivity index (χ4v) is 1.12. The zero-order chi connectivity index (χ0) is 10.4. The summed E-state index contributed by atoms with van der Waals surface area (Å²) in [4.78, 5) is 16.5. The van der Waals surface area contributed by atoms with Gasteiger partial charge < -0.3 is 4.84 Å². The minimum Gasteiger partial charge on any atom is -0.303 e. The fraction of sp³-hybridized carbons (Fsp3) is 0.364. The van der Waals surface area contributed by atoms with Gasteiger partial charge in [0.05, 0.1) is 7.11 Å². The lowest BCUT2D eigenvalue weighted by molar-refractivity contribution is -0.107. The molecule has 1 rings (SSSR count). The second-order valence-corrected chi connectivity index (χ2v) is 3.07. The van der Waals surface area contributed by atoms with E-state index in [1.165, 1.54) is 0 Å². The van der Waals surface area contributed by atoms with Crippen LogP contribution >= 0.6 is 12.4 Å². The average Bonchev–Trinajstić information content (AvgIpc) is 2.26. The van der Waals surface area contributed by atoms with Crippen LogP contribution in [0.15, 0.2) is 30.3 Å². The van der Waals surface area contributed by atoms with Gasteiger partial charge in [-0.05, 0) is 0 Å². The van der Waals surface area contributed by atoms with Crippen molar-refractivity contribution in [3.63, 3.8) is 0 Å². The first-order valence-corrected chi connectivity index (χ1v) is 4.57. The number of halogens is 1. The molecule has 4 heteroatoms. The third kappa shape index (κ3) is 4.93. The van der Waals surface area contributed by atoms with Gasteiger partial charge in [0.25, 0.3) is 0 Å². The maximum absolute atomic E-state index is 11.6. The van der Waals surface area contributed by atoms with Crippen LogP contribution in [-0.4, -0.2) is 31.5 Å². The van der Waals surface area contributed by atoms with Gasteiger partial charge in [-0.25, -0.2) is 0 Å². The van der Waals surface area contributed by atoms with E-state index in [0.29, 0.717) is 13.0 Å². The predicted octanol–water partition coefficient (Wildman–Crippen LogP) is 2.17. The standard InChI is InChI=1S/C11H15NO2.ClH/c1-12(14-2)9-8-11(13)10-6-4-3-5-7-10;/h3-7H,8-9H2,1-2H3;1H. The molecule has 0 saturated carbocycles. The molecule has 0 unspecified atom stereocenters. The van der Waals surface area contributed by atoms with Gasteiger partial charge in [0, 0.05) is 25.6 Å². The molecule has 0 heterocycles. The summed E-state index contributed by atoms with van der Waals surface area (Å²) >= 11 is 0. The van der Waals surface area contributed by atoms with E-state index in [0.717, 1.165) is 5.56 Å². The summed E-state index contributed by atoms with van der Waals surface area (Å²) in [7, 11) is 3.39. The van der Waals surface area contributed by atoms with Crippen molar-refractivity contribution in [2.24, 2.45) is 0 Å². The van der Waals surface area contributed by atoms with Gasteiger partial charge in [-0.3, -0.25) is 4.79 Å². The summed E-state index contributed by atoms with van der Waals surface area (Å²) in [5.41, 5.74) is 0.761. The molecule has 0 aliphatic rings. The molecule has 0 N–H and O–H groups in total. The average molecular weight is 230 g/mol. The van der Waals surface area contributed by atoms with E-state index in [1.807, 2.05) is 30.3 Å². The van der Waals surface area contributed by atoms with Crippen LogP contribution in [0.4, 0.5) is 0 Å². The second-order valence-electron chi connectivity index (χ2n) is 3.07. The molecule has 0 aliphatic carbocycles. The van der Waals surface area contributed by atoms with Crippen molar-refractivity contribution < 1.29 is 9.63 Å². The molecule has 3 nitrogen and oxygen atoms in total. The number of hydrogen-bond acceptors (Lipinski definition) is 3. The molecule has 1 aromatic carbocycles. The van der Waals surface area contributed by atoms with E-state index in [1.54, 1.807) is 19.2 Å². The Kier molecular flexibility index (Phi) is 6.96. The fourth-order valence-electron chi connectivity index (χ4n) is 1.12. The largest absolute Gasteiger partial charge is 0.303 e. The van der Waals surface area contributed by atoms with Crippen molar-refractivity contribution >= 4 is 18.2 Å². The molecule has 0 saturated heterocycles. The molecular formula is C11H16ClNO2. The Balaban J connectivity index is 0.00000196. The third-order valence-electron chi connectivity index (χ3n) is 2.06. The minimum absolute atomic E-state index is 0. The first-order chi connectivity index (χ1) is 6.74. The number of nitrogens with zero attached hydrogens (tertiary/aromatic N) is 1. The van der Waals surface area contributed by atoms with Gasteiger partial charge in [0.2, 0.25) is 0 Å². The number of ketones is 1. The molecule has 0 fully saturated rings. The van der Waals surface area contributed by atoms with Crippen molar-refractivity contribution in [1.29, 1.82) is 0 Å². The van der Waals surface area contributed by atoms with E-state index < -0.39 is 0 Å². The molecule has 84 valence electrons. The van der Waals surface area contributed by atoms with Crippen LogP contribution in [0.25, 0.3) is 0 Å². The molecule has 0 radical (unpaired) electrons. The molecule has 0 bridgehead atoms. The van der Waals surface area contributed by atoms with Crippen LogP contribution in [0.2, 0.25) is 0 Å². The lowest BCUT2D eigenvalue weighted by Crippen LogP contribution is -2.20. The lowest BCUT2D eigenvalue weighted by atomic mass is 10.1. The van der Waals surface area contributed by atoms with Gasteiger partial charge in [-0.15, -0.1) is 12.4 Å². The van der Waals surface area contributed by atoms with E-state index in [9.17, 15) is 4.79 Å². The van der Waals surface area contributed by atoms with Gasteiger partial charge in [-0.2, -0.15) is 5.06 Å². The summed E-state index contributed by atoms with van der Waals surface area (Å²) in [6, 6.07) is 9.29. The number of Topliss-reactive ketones (excluding diaryl/α,β-unsaturated/α-hetero) is 1. The van der Waals surface area contributed by atoms with E-state index in [-0.39, 0.29) is 18.2 Å². The Morgan fingerprint density at radius 3 is 2.47 bits per heavy atom. The smallest absolute Gasteiger partial charge is 0.164 e. The van der Waals surface area contributed by atoms with Crippen LogP contribution in [0.5, 0.6) is 0 Å². The highest BCUT2D eigenvalue weighted by atomic mass is 35.5. The summed E-state index contributed by atoms with van der Waals surface area (Å²) in [5.74, 6) is 0.148. The Labute approximate surface area is 96.4 Å². The zero-order valence-electron chi connectivity index (χ0n) is 8.97. The third-order valence-corrected chi connectivity index (χ3v) is 2.06. The number of rotatable bonds is 5. The molecular weight excluding hydrogens is 214 g/mol. The first-order valence-electron chi connectivity index (χ1n) is 4.57. The van der Waals surface area contributed by atoms with E-state index >= 15 is 0 Å². The van der Waals surface area contributed by atoms with Crippen molar-refractivity contribution in [1.82, 2.24) is 5.06 Å². The minimum atomic E-state index is 0. The highest BCUT2D eigenvalue weighted by molar-refractivity contribution is 5.96. The number of hydrogen-bond donors (Lipinski definition) is 0. The highest BCUT2D eigenvalue weighted by Crippen LogP contribution is 2.03. The van der Waals surface area contributed by atoms with Crippen molar-refractivity contribution in [2.75, 3.05) is 20.7 Å². The topological polar surface area (TPSA) is 29.5 Å². The Morgan fingerprint density at radius 2 is 1.93 bits per heavy atom. The van der Waals surface area contributed by atoms with Gasteiger partial charge in [0.1, 0.15) is 0 Å². The SMILES string of the molecule is CON(C)CCC(=O)c1ccccc1.Cl. The van der Waals surface area contributed by atoms with Gasteiger partial charge >= 0.3 is 0 Å². The molecule has 0 amide bonds. The first kappa shape index (κ1) is 14.1. The molecule has 0 aromatic heterocycles. The predicted molar refractivity (Wildman–Crippen MR) is 62.3 cm³/mol. The second kappa shape index (κ2) is 7.40. The number of hydroxylamine groups is 2. The number of carbonyl (C=O) groups excluding carboxylic acids is 1. The lowest BCUT2D eigenvalue weighted by Gasteiger charge is -2.12. The van der Waals surface area contributed by atoms with Crippen LogP contribution in [0.1, 0.15) is 16.8 Å². The van der Waals surface area contributed by atoms with Crippen molar-refractivity contribution in [2.45, 2.75) is 6.42 Å². The summed E-state index contributed by atoms with van der Waals surface area (Å²) in [5, 5.41) is 1.64. The van der Waals surface area contributed by atoms with Crippen LogP contribution in [0, 0.1) is 0 Å². The summed E-state index contributed by atoms with van der Waals surface area (Å²) in [6.45, 7) is 0.615. The van der Waals surface area contributed by atoms with Gasteiger partial charge in [0.15, 0.2) is 5.78 Å². The highest BCUT2D eigenvalue weighted by Gasteiger charge is 2.05. The Morgan fingerprint density at radius 1 is 1.33 bits per heavy atom. The van der Waals surface area contributed by atoms with Crippen molar-refractivity contribution in [3.05, 3.63) is 35.9 Å². The number of carbonyl (C=O) groups is 1. The Bertz CT molecular complexity index is 290. The molecule has 0 spiro atoms. The zero-order valence-corrected chi connectivity index (χ0v) is 9.79. The normalized spacial score (nSPS) is 9.80. The maximum atomic E-state index is 11.6.